The Morgan fingerprint density at radius 3 is 2.57 bits per heavy atom. The van der Waals surface area contributed by atoms with Gasteiger partial charge in [0, 0.05) is 31.1 Å². The molecule has 0 radical (unpaired) electrons. The van der Waals surface area contributed by atoms with E-state index in [0.29, 0.717) is 25.9 Å². The lowest BCUT2D eigenvalue weighted by Gasteiger charge is -2.31. The zero-order valence-corrected chi connectivity index (χ0v) is 16.8. The van der Waals surface area contributed by atoms with Gasteiger partial charge in [0.05, 0.1) is 10.2 Å². The minimum Gasteiger partial charge on any atom is -0.405 e. The third-order valence-corrected chi connectivity index (χ3v) is 6.17. The van der Waals surface area contributed by atoms with Crippen LogP contribution in [0.1, 0.15) is 18.4 Å². The molecule has 1 saturated heterocycles. The first-order valence-corrected chi connectivity index (χ1v) is 10.4. The minimum atomic E-state index is -4.77. The van der Waals surface area contributed by atoms with Gasteiger partial charge in [0.2, 0.25) is 5.91 Å². The molecule has 0 aliphatic carbocycles. The molecule has 2 aromatic carbocycles. The molecule has 4 rings (SSSR count). The van der Waals surface area contributed by atoms with E-state index in [0.717, 1.165) is 15.3 Å². The summed E-state index contributed by atoms with van der Waals surface area (Å²) < 4.78 is 42.8. The third kappa shape index (κ3) is 4.84. The summed E-state index contributed by atoms with van der Waals surface area (Å²) in [5.41, 5.74) is 1.26. The van der Waals surface area contributed by atoms with E-state index in [2.05, 4.69) is 19.9 Å². The van der Waals surface area contributed by atoms with Gasteiger partial charge in [0.1, 0.15) is 5.75 Å². The van der Waals surface area contributed by atoms with E-state index in [1.807, 2.05) is 24.3 Å². The number of fused-ring (bicyclic) bond motifs is 1. The molecular weight excluding hydrogens is 415 g/mol. The van der Waals surface area contributed by atoms with Gasteiger partial charge < -0.3 is 15.0 Å². The fraction of sp³-hybridized carbons (Fsp3) is 0.333. The maximum absolute atomic E-state index is 12.5. The van der Waals surface area contributed by atoms with Gasteiger partial charge in [-0.25, -0.2) is 4.98 Å². The lowest BCUT2D eigenvalue weighted by molar-refractivity contribution is -0.274. The van der Waals surface area contributed by atoms with Gasteiger partial charge >= 0.3 is 6.36 Å². The van der Waals surface area contributed by atoms with Crippen LogP contribution in [0.15, 0.2) is 48.5 Å². The van der Waals surface area contributed by atoms with E-state index in [1.54, 1.807) is 17.4 Å². The van der Waals surface area contributed by atoms with E-state index >= 15 is 0 Å². The molecule has 158 valence electrons. The first-order valence-electron chi connectivity index (χ1n) is 9.61. The molecule has 0 bridgehead atoms. The number of para-hydroxylation sites is 2. The van der Waals surface area contributed by atoms with E-state index < -0.39 is 6.36 Å². The number of carbonyl (C=O) groups excluding carboxylic acids is 1. The first-order chi connectivity index (χ1) is 14.4. The van der Waals surface area contributed by atoms with E-state index in [9.17, 15) is 18.0 Å². The van der Waals surface area contributed by atoms with Crippen molar-refractivity contribution in [1.29, 1.82) is 0 Å². The van der Waals surface area contributed by atoms with Gasteiger partial charge in [0.15, 0.2) is 5.13 Å². The molecule has 1 aromatic heterocycles. The molecule has 1 aliphatic heterocycles. The first kappa shape index (κ1) is 20.5. The van der Waals surface area contributed by atoms with Gasteiger partial charge in [-0.15, -0.1) is 13.2 Å². The predicted molar refractivity (Wildman–Crippen MR) is 110 cm³/mol. The number of nitrogens with zero attached hydrogens (tertiary/aromatic N) is 2. The van der Waals surface area contributed by atoms with Crippen LogP contribution in [-0.2, 0) is 11.3 Å². The number of anilines is 1. The Labute approximate surface area is 175 Å². The molecule has 30 heavy (non-hydrogen) atoms. The maximum Gasteiger partial charge on any atom is 0.573 e. The number of hydrogen-bond donors (Lipinski definition) is 1. The number of halogens is 3. The highest BCUT2D eigenvalue weighted by Crippen LogP contribution is 2.31. The van der Waals surface area contributed by atoms with E-state index in [-0.39, 0.29) is 29.7 Å². The van der Waals surface area contributed by atoms with Crippen LogP contribution in [0.2, 0.25) is 0 Å². The molecule has 0 spiro atoms. The van der Waals surface area contributed by atoms with Crippen molar-refractivity contribution in [1.82, 2.24) is 10.3 Å². The zero-order valence-electron chi connectivity index (χ0n) is 16.0. The van der Waals surface area contributed by atoms with Gasteiger partial charge in [-0.3, -0.25) is 4.79 Å². The van der Waals surface area contributed by atoms with Gasteiger partial charge in [-0.05, 0) is 31.0 Å². The van der Waals surface area contributed by atoms with Crippen molar-refractivity contribution < 1.29 is 22.7 Å². The predicted octanol–water partition coefficient (Wildman–Crippen LogP) is 4.73. The lowest BCUT2D eigenvalue weighted by Crippen LogP contribution is -2.40. The van der Waals surface area contributed by atoms with Crippen LogP contribution in [0, 0.1) is 5.92 Å². The highest BCUT2D eigenvalue weighted by atomic mass is 32.1. The lowest BCUT2D eigenvalue weighted by atomic mass is 9.96. The largest absolute Gasteiger partial charge is 0.573 e. The smallest absolute Gasteiger partial charge is 0.405 e. The number of hydrogen-bond acceptors (Lipinski definition) is 5. The second-order valence-corrected chi connectivity index (χ2v) is 8.11. The summed E-state index contributed by atoms with van der Waals surface area (Å²) in [5, 5.41) is 3.71. The molecule has 1 aliphatic rings. The van der Waals surface area contributed by atoms with Crippen molar-refractivity contribution in [2.24, 2.45) is 5.92 Å². The van der Waals surface area contributed by atoms with Crippen LogP contribution in [0.3, 0.4) is 0 Å². The fourth-order valence-electron chi connectivity index (χ4n) is 3.53. The molecule has 0 atom stereocenters. The monoisotopic (exact) mass is 435 g/mol. The number of piperidine rings is 1. The topological polar surface area (TPSA) is 54.5 Å². The quantitative estimate of drug-likeness (QED) is 0.630. The van der Waals surface area contributed by atoms with Crippen LogP contribution in [0.5, 0.6) is 5.75 Å². The third-order valence-electron chi connectivity index (χ3n) is 5.07. The number of rotatable bonds is 5. The Kier molecular flexibility index (Phi) is 5.80. The highest BCUT2D eigenvalue weighted by Gasteiger charge is 2.32. The van der Waals surface area contributed by atoms with Crippen LogP contribution < -0.4 is 15.0 Å². The minimum absolute atomic E-state index is 0.0107. The van der Waals surface area contributed by atoms with Crippen LogP contribution in [-0.4, -0.2) is 30.3 Å². The number of ether oxygens (including phenoxy) is 1. The van der Waals surface area contributed by atoms with E-state index in [4.69, 9.17) is 0 Å². The summed E-state index contributed by atoms with van der Waals surface area (Å²) in [4.78, 5) is 19.4. The highest BCUT2D eigenvalue weighted by molar-refractivity contribution is 7.22. The van der Waals surface area contributed by atoms with Crippen LogP contribution in [0.25, 0.3) is 10.2 Å². The van der Waals surface area contributed by atoms with Crippen molar-refractivity contribution in [3.63, 3.8) is 0 Å². The van der Waals surface area contributed by atoms with Crippen LogP contribution in [0.4, 0.5) is 18.3 Å². The molecule has 5 nitrogen and oxygen atoms in total. The Morgan fingerprint density at radius 2 is 1.83 bits per heavy atom. The Hall–Kier alpha value is -2.81. The summed E-state index contributed by atoms with van der Waals surface area (Å²) >= 11 is 1.64. The number of amides is 1. The number of aromatic nitrogens is 1. The SMILES string of the molecule is O=C(NCc1ccccc1OC(F)(F)F)C1CCN(c2nc3ccccc3s2)CC1. The normalized spacial score (nSPS) is 15.4. The second-order valence-electron chi connectivity index (χ2n) is 7.10. The van der Waals surface area contributed by atoms with Crippen LogP contribution >= 0.6 is 11.3 Å². The average molecular weight is 435 g/mol. The van der Waals surface area contributed by atoms with Crippen molar-refractivity contribution in [3.05, 3.63) is 54.1 Å². The number of thiazole rings is 1. The Morgan fingerprint density at radius 1 is 1.13 bits per heavy atom. The molecule has 1 fully saturated rings. The van der Waals surface area contributed by atoms with E-state index in [1.165, 1.54) is 18.2 Å². The Bertz CT molecular complexity index is 997. The summed E-state index contributed by atoms with van der Waals surface area (Å²) in [6, 6.07) is 13.8. The zero-order chi connectivity index (χ0) is 21.1. The average Bonchev–Trinajstić information content (AvgIpc) is 3.16. The second kappa shape index (κ2) is 8.51. The summed E-state index contributed by atoms with van der Waals surface area (Å²) in [7, 11) is 0. The molecule has 9 heteroatoms. The van der Waals surface area contributed by atoms with Crippen molar-refractivity contribution >= 4 is 32.6 Å². The molecule has 0 unspecified atom stereocenters. The summed E-state index contributed by atoms with van der Waals surface area (Å²) in [6.45, 7) is 1.42. The Balaban J connectivity index is 1.32. The number of nitrogens with one attached hydrogen (secondary N) is 1. The summed E-state index contributed by atoms with van der Waals surface area (Å²) in [5.74, 6) is -0.622. The molecule has 0 saturated carbocycles. The molecule has 1 N–H and O–H groups in total. The fourth-order valence-corrected chi connectivity index (χ4v) is 4.55. The standard InChI is InChI=1S/C21H20F3N3O2S/c22-21(23,24)29-17-7-3-1-5-15(17)13-25-19(28)14-9-11-27(12-10-14)20-26-16-6-2-4-8-18(16)30-20/h1-8,14H,9-13H2,(H,25,28). The van der Waals surface area contributed by atoms with Crippen molar-refractivity contribution in [3.8, 4) is 5.75 Å². The maximum atomic E-state index is 12.5. The molecular formula is C21H20F3N3O2S. The molecule has 3 aromatic rings. The molecule has 2 heterocycles. The van der Waals surface area contributed by atoms with Gasteiger partial charge in [0.25, 0.3) is 0 Å². The number of benzene rings is 2. The number of alkyl halides is 3. The number of carbonyl (C=O) groups is 1. The summed E-state index contributed by atoms with van der Waals surface area (Å²) in [6.07, 6.45) is -3.43. The van der Waals surface area contributed by atoms with Crippen molar-refractivity contribution in [2.75, 3.05) is 18.0 Å². The van der Waals surface area contributed by atoms with Gasteiger partial charge in [-0.2, -0.15) is 0 Å². The molecule has 1 amide bonds. The van der Waals surface area contributed by atoms with Gasteiger partial charge in [-0.1, -0.05) is 41.7 Å². The van der Waals surface area contributed by atoms with Crippen molar-refractivity contribution in [2.45, 2.75) is 25.7 Å².